The number of halogens is 1. The Hall–Kier alpha value is -0.990. The Morgan fingerprint density at radius 2 is 2.04 bits per heavy atom. The van der Waals surface area contributed by atoms with Crippen molar-refractivity contribution in [3.05, 3.63) is 11.6 Å². The summed E-state index contributed by atoms with van der Waals surface area (Å²) in [6.07, 6.45) is 10.2. The van der Waals surface area contributed by atoms with Gasteiger partial charge in [0.15, 0.2) is 11.6 Å². The minimum atomic E-state index is -0.796. The average Bonchev–Trinajstić information content (AvgIpc) is 2.93. The van der Waals surface area contributed by atoms with Crippen LogP contribution in [0.1, 0.15) is 65.2 Å². The lowest BCUT2D eigenvalue weighted by Crippen LogP contribution is -2.48. The molecule has 3 heteroatoms. The van der Waals surface area contributed by atoms with Crippen molar-refractivity contribution in [2.45, 2.75) is 65.2 Å². The van der Waals surface area contributed by atoms with Gasteiger partial charge in [0, 0.05) is 12.3 Å². The number of carbonyl (C=O) groups is 2. The van der Waals surface area contributed by atoms with Crippen molar-refractivity contribution in [1.29, 1.82) is 0 Å². The van der Waals surface area contributed by atoms with Gasteiger partial charge in [0.1, 0.15) is 6.67 Å². The van der Waals surface area contributed by atoms with E-state index < -0.39 is 6.67 Å². The molecular weight excluding hydrogens is 314 g/mol. The monoisotopic (exact) mass is 345 g/mol. The number of ketones is 2. The minimum Gasteiger partial charge on any atom is -0.296 e. The molecule has 3 saturated carbocycles. The van der Waals surface area contributed by atoms with Gasteiger partial charge >= 0.3 is 0 Å². The van der Waals surface area contributed by atoms with E-state index in [2.05, 4.69) is 13.8 Å². The summed E-state index contributed by atoms with van der Waals surface area (Å²) in [6.45, 7) is 3.66. The minimum absolute atomic E-state index is 0.00325. The Balaban J connectivity index is 1.64. The highest BCUT2D eigenvalue weighted by Gasteiger charge is 2.60. The van der Waals surface area contributed by atoms with Gasteiger partial charge in [-0.25, -0.2) is 4.39 Å². The van der Waals surface area contributed by atoms with Crippen LogP contribution in [0.25, 0.3) is 0 Å². The van der Waals surface area contributed by atoms with Crippen molar-refractivity contribution in [2.24, 2.45) is 40.9 Å². The first kappa shape index (κ1) is 17.4. The van der Waals surface area contributed by atoms with Gasteiger partial charge in [0.05, 0.1) is 0 Å². The van der Waals surface area contributed by atoms with Gasteiger partial charge in [-0.05, 0) is 79.6 Å². The summed E-state index contributed by atoms with van der Waals surface area (Å²) in [5.41, 5.74) is 1.40. The topological polar surface area (TPSA) is 34.1 Å². The van der Waals surface area contributed by atoms with Crippen LogP contribution in [0.3, 0.4) is 0 Å². The third-order valence-corrected chi connectivity index (χ3v) is 8.48. The van der Waals surface area contributed by atoms with E-state index in [1.807, 2.05) is 6.08 Å². The standard InChI is InChI=1S/C22H31FO2/c1-3-13-11-19-18-6-4-14-10-15(24)5-7-16(14)17(18)8-9-22(19,2)21(13)20(25)12-23/h10,13,16-19,21H,3-9,11-12H2,1-2H3/t13-,16?,17?,18?,19?,21?,22+/m1/s1/i23-1. The van der Waals surface area contributed by atoms with Crippen molar-refractivity contribution >= 4 is 11.6 Å². The molecule has 0 aromatic rings. The number of fused-ring (bicyclic) bond motifs is 5. The first-order chi connectivity index (χ1) is 12.0. The number of carbonyl (C=O) groups excluding carboxylic acids is 2. The highest BCUT2D eigenvalue weighted by molar-refractivity contribution is 5.91. The van der Waals surface area contributed by atoms with Crippen LogP contribution >= 0.6 is 0 Å². The summed E-state index contributed by atoms with van der Waals surface area (Å²) in [5.74, 6) is 2.97. The summed E-state index contributed by atoms with van der Waals surface area (Å²) in [7, 11) is 0. The Morgan fingerprint density at radius 1 is 1.24 bits per heavy atom. The molecule has 25 heavy (non-hydrogen) atoms. The molecule has 0 aromatic heterocycles. The maximum Gasteiger partial charge on any atom is 0.167 e. The number of hydrogen-bond donors (Lipinski definition) is 0. The molecule has 0 radical (unpaired) electrons. The number of Topliss-reactive ketones (excluding diaryl/α,β-unsaturated/α-hetero) is 1. The Kier molecular flexibility index (Phi) is 4.40. The zero-order valence-electron chi connectivity index (χ0n) is 15.6. The molecular formula is C22H31FO2. The predicted molar refractivity (Wildman–Crippen MR) is 95.7 cm³/mol. The van der Waals surface area contributed by atoms with Crippen molar-refractivity contribution in [3.63, 3.8) is 0 Å². The molecule has 5 unspecified atom stereocenters. The summed E-state index contributed by atoms with van der Waals surface area (Å²) in [6, 6.07) is 0. The fourth-order valence-electron chi connectivity index (χ4n) is 7.48. The highest BCUT2D eigenvalue weighted by Crippen LogP contribution is 2.65. The summed E-state index contributed by atoms with van der Waals surface area (Å²) < 4.78 is 13.3. The van der Waals surface area contributed by atoms with Gasteiger partial charge in [-0.3, -0.25) is 9.59 Å². The number of rotatable bonds is 3. The first-order valence-corrected chi connectivity index (χ1v) is 10.3. The number of alkyl halides is 1. The Morgan fingerprint density at radius 3 is 2.76 bits per heavy atom. The lowest BCUT2D eigenvalue weighted by Gasteiger charge is -2.53. The maximum absolute atomic E-state index is 13.3. The van der Waals surface area contributed by atoms with Gasteiger partial charge in [-0.15, -0.1) is 0 Å². The molecule has 4 aliphatic carbocycles. The molecule has 0 spiro atoms. The van der Waals surface area contributed by atoms with E-state index >= 15 is 0 Å². The fourth-order valence-corrected chi connectivity index (χ4v) is 7.48. The molecule has 0 heterocycles. The molecule has 4 rings (SSSR count). The molecule has 4 aliphatic rings. The zero-order valence-corrected chi connectivity index (χ0v) is 15.6. The number of hydrogen-bond acceptors (Lipinski definition) is 2. The fraction of sp³-hybridized carbons (Fsp3) is 0.818. The number of allylic oxidation sites excluding steroid dienone is 1. The maximum atomic E-state index is 13.3. The second-order valence-electron chi connectivity index (χ2n) is 9.33. The van der Waals surface area contributed by atoms with Gasteiger partial charge < -0.3 is 0 Å². The van der Waals surface area contributed by atoms with E-state index in [-0.39, 0.29) is 17.1 Å². The molecule has 0 N–H and O–H groups in total. The molecule has 0 saturated heterocycles. The third kappa shape index (κ3) is 2.56. The highest BCUT2D eigenvalue weighted by atomic mass is 18.2. The largest absolute Gasteiger partial charge is 0.296 e. The van der Waals surface area contributed by atoms with Gasteiger partial charge in [-0.1, -0.05) is 25.8 Å². The van der Waals surface area contributed by atoms with Crippen LogP contribution in [0.5, 0.6) is 0 Å². The summed E-state index contributed by atoms with van der Waals surface area (Å²) in [5, 5.41) is 0. The first-order valence-electron chi connectivity index (χ1n) is 10.3. The van der Waals surface area contributed by atoms with Crippen molar-refractivity contribution < 1.29 is 14.0 Å². The second kappa shape index (κ2) is 6.32. The van der Waals surface area contributed by atoms with Crippen molar-refractivity contribution in [2.75, 3.05) is 6.67 Å². The van der Waals surface area contributed by atoms with Crippen molar-refractivity contribution in [1.82, 2.24) is 0 Å². The molecule has 0 bridgehead atoms. The van der Waals surface area contributed by atoms with Crippen molar-refractivity contribution in [3.8, 4) is 0 Å². The lowest BCUT2D eigenvalue weighted by atomic mass is 9.51. The molecule has 0 aromatic carbocycles. The average molecular weight is 345 g/mol. The van der Waals surface area contributed by atoms with Crippen LogP contribution in [-0.4, -0.2) is 18.2 Å². The zero-order chi connectivity index (χ0) is 17.8. The van der Waals surface area contributed by atoms with Gasteiger partial charge in [-0.2, -0.15) is 0 Å². The lowest BCUT2D eigenvalue weighted by molar-refractivity contribution is -0.131. The van der Waals surface area contributed by atoms with Crippen LogP contribution < -0.4 is 0 Å². The molecule has 2 nitrogen and oxygen atoms in total. The van der Waals surface area contributed by atoms with E-state index in [9.17, 15) is 14.0 Å². The van der Waals surface area contributed by atoms with E-state index in [0.717, 1.165) is 44.9 Å². The second-order valence-corrected chi connectivity index (χ2v) is 9.33. The van der Waals surface area contributed by atoms with Gasteiger partial charge in [0.2, 0.25) is 0 Å². The Labute approximate surface area is 150 Å². The van der Waals surface area contributed by atoms with E-state index in [1.165, 1.54) is 5.57 Å². The molecule has 138 valence electrons. The molecule has 0 aliphatic heterocycles. The van der Waals surface area contributed by atoms with Crippen LogP contribution in [0.4, 0.5) is 4.39 Å². The molecule has 3 fully saturated rings. The van der Waals surface area contributed by atoms with Crippen LogP contribution in [0, 0.1) is 40.9 Å². The van der Waals surface area contributed by atoms with Crippen LogP contribution in [-0.2, 0) is 9.59 Å². The Bertz CT molecular complexity index is 609. The van der Waals surface area contributed by atoms with E-state index in [1.54, 1.807) is 0 Å². The third-order valence-electron chi connectivity index (χ3n) is 8.48. The van der Waals surface area contributed by atoms with Crippen LogP contribution in [0.2, 0.25) is 0 Å². The summed E-state index contributed by atoms with van der Waals surface area (Å²) >= 11 is 0. The molecule has 7 atom stereocenters. The SMILES string of the molecule is CC[C@@H]1CC2C3CCC4=CC(=O)CCC4C3CC[C@]2(C)C1C(=O)C[18F]. The van der Waals surface area contributed by atoms with Gasteiger partial charge in [0.25, 0.3) is 0 Å². The van der Waals surface area contributed by atoms with E-state index in [4.69, 9.17) is 0 Å². The van der Waals surface area contributed by atoms with E-state index in [0.29, 0.717) is 41.8 Å². The summed E-state index contributed by atoms with van der Waals surface area (Å²) in [4.78, 5) is 24.2. The normalized spacial score (nSPS) is 46.0. The molecule has 0 amide bonds. The quantitative estimate of drug-likeness (QED) is 0.727. The predicted octanol–water partition coefficient (Wildman–Crippen LogP) is 4.92. The van der Waals surface area contributed by atoms with Crippen LogP contribution in [0.15, 0.2) is 11.6 Å². The smallest absolute Gasteiger partial charge is 0.167 e.